The highest BCUT2D eigenvalue weighted by atomic mass is 35.5. The van der Waals surface area contributed by atoms with Gasteiger partial charge in [0.2, 0.25) is 6.33 Å². The molecule has 1 aromatic heterocycles. The number of benzene rings is 1. The van der Waals surface area contributed by atoms with E-state index in [-0.39, 0.29) is 12.4 Å². The molecule has 1 N–H and O–H groups in total. The van der Waals surface area contributed by atoms with Crippen LogP contribution < -0.4 is 21.7 Å². The topological polar surface area (TPSA) is 28.9 Å². The number of aromatic nitrogens is 2. The fourth-order valence-corrected chi connectivity index (χ4v) is 1.20. The molecule has 0 atom stereocenters. The highest BCUT2D eigenvalue weighted by Gasteiger charge is 2.00. The molecule has 14 heavy (non-hydrogen) atoms. The van der Waals surface area contributed by atoms with Crippen LogP contribution in [-0.2, 0) is 0 Å². The zero-order valence-corrected chi connectivity index (χ0v) is 8.53. The predicted octanol–water partition coefficient (Wildman–Crippen LogP) is -1.70. The van der Waals surface area contributed by atoms with Crippen molar-refractivity contribution in [1.29, 1.82) is 0 Å². The molecule has 1 heterocycles. The number of imidazole rings is 1. The van der Waals surface area contributed by atoms with E-state index < -0.39 is 0 Å². The van der Waals surface area contributed by atoms with Gasteiger partial charge in [0, 0.05) is 0 Å². The standard InChI is InChI=1S/C10H10N2O.ClH/c1-13-10-4-2-9(3-5-10)12-7-6-11-8-12;/h2-8H,1H3;1H. The van der Waals surface area contributed by atoms with Crippen molar-refractivity contribution in [2.24, 2.45) is 0 Å². The molecular formula is C10H11ClN2O. The Kier molecular flexibility index (Phi) is 3.54. The quantitative estimate of drug-likeness (QED) is 0.589. The average Bonchev–Trinajstić information content (AvgIpc) is 2.71. The molecular weight excluding hydrogens is 200 g/mol. The molecule has 0 saturated carbocycles. The third-order valence-electron chi connectivity index (χ3n) is 1.92. The number of hydrogen-bond acceptors (Lipinski definition) is 1. The fourth-order valence-electron chi connectivity index (χ4n) is 1.20. The van der Waals surface area contributed by atoms with Crippen molar-refractivity contribution in [2.45, 2.75) is 0 Å². The summed E-state index contributed by atoms with van der Waals surface area (Å²) in [5.74, 6) is 0.875. The molecule has 0 aliphatic carbocycles. The average molecular weight is 211 g/mol. The lowest BCUT2D eigenvalue weighted by Gasteiger charge is -1.99. The van der Waals surface area contributed by atoms with Gasteiger partial charge in [0.1, 0.15) is 23.8 Å². The van der Waals surface area contributed by atoms with Crippen molar-refractivity contribution in [3.05, 3.63) is 43.0 Å². The maximum Gasteiger partial charge on any atom is 0.246 e. The molecule has 0 saturated heterocycles. The molecule has 0 fully saturated rings. The summed E-state index contributed by atoms with van der Waals surface area (Å²) >= 11 is 0. The van der Waals surface area contributed by atoms with Gasteiger partial charge in [0.05, 0.1) is 7.11 Å². The lowest BCUT2D eigenvalue weighted by molar-refractivity contribution is -0.594. The number of methoxy groups -OCH3 is 1. The Bertz CT molecular complexity index is 370. The van der Waals surface area contributed by atoms with E-state index in [1.807, 2.05) is 47.6 Å². The Labute approximate surface area is 88.8 Å². The highest BCUT2D eigenvalue weighted by Crippen LogP contribution is 2.10. The number of halogens is 1. The Morgan fingerprint density at radius 3 is 2.43 bits per heavy atom. The van der Waals surface area contributed by atoms with E-state index in [9.17, 15) is 0 Å². The predicted molar refractivity (Wildman–Crippen MR) is 48.9 cm³/mol. The second-order valence-corrected chi connectivity index (χ2v) is 2.72. The molecule has 2 rings (SSSR count). The van der Waals surface area contributed by atoms with Crippen molar-refractivity contribution < 1.29 is 21.7 Å². The molecule has 4 heteroatoms. The first-order chi connectivity index (χ1) is 6.40. The second kappa shape index (κ2) is 4.67. The van der Waals surface area contributed by atoms with Crippen LogP contribution in [0.15, 0.2) is 43.0 Å². The van der Waals surface area contributed by atoms with Crippen molar-refractivity contribution in [2.75, 3.05) is 7.11 Å². The van der Waals surface area contributed by atoms with Crippen molar-refractivity contribution >= 4 is 0 Å². The van der Waals surface area contributed by atoms with Crippen LogP contribution in [0.25, 0.3) is 5.69 Å². The molecule has 0 aliphatic rings. The van der Waals surface area contributed by atoms with Crippen LogP contribution in [0.5, 0.6) is 5.75 Å². The van der Waals surface area contributed by atoms with Crippen LogP contribution in [0.2, 0.25) is 0 Å². The summed E-state index contributed by atoms with van der Waals surface area (Å²) in [7, 11) is 1.67. The maximum absolute atomic E-state index is 5.07. The minimum atomic E-state index is 0. The minimum Gasteiger partial charge on any atom is -1.00 e. The van der Waals surface area contributed by atoms with Gasteiger partial charge in [-0.2, -0.15) is 0 Å². The summed E-state index contributed by atoms with van der Waals surface area (Å²) in [6.45, 7) is 0. The summed E-state index contributed by atoms with van der Waals surface area (Å²) in [5.41, 5.74) is 1.11. The van der Waals surface area contributed by atoms with Gasteiger partial charge in [-0.25, -0.2) is 9.55 Å². The first kappa shape index (κ1) is 10.6. The third kappa shape index (κ3) is 2.06. The Morgan fingerprint density at radius 2 is 1.93 bits per heavy atom. The lowest BCUT2D eigenvalue weighted by Crippen LogP contribution is -3.00. The zero-order chi connectivity index (χ0) is 9.10. The van der Waals surface area contributed by atoms with Crippen LogP contribution in [0.4, 0.5) is 0 Å². The van der Waals surface area contributed by atoms with Crippen LogP contribution in [0, 0.1) is 0 Å². The molecule has 1 aromatic carbocycles. The first-order valence-electron chi connectivity index (χ1n) is 4.08. The second-order valence-electron chi connectivity index (χ2n) is 2.72. The van der Waals surface area contributed by atoms with E-state index in [4.69, 9.17) is 4.74 Å². The number of ether oxygens (including phenoxy) is 1. The van der Waals surface area contributed by atoms with Gasteiger partial charge in [0.15, 0.2) is 0 Å². The number of hydrogen-bond donors (Lipinski definition) is 1. The van der Waals surface area contributed by atoms with E-state index >= 15 is 0 Å². The first-order valence-corrected chi connectivity index (χ1v) is 4.08. The van der Waals surface area contributed by atoms with Crippen LogP contribution in [-0.4, -0.2) is 12.1 Å². The molecule has 0 aliphatic heterocycles. The van der Waals surface area contributed by atoms with Gasteiger partial charge < -0.3 is 17.1 Å². The Hall–Kier alpha value is -1.48. The number of nitrogens with zero attached hydrogens (tertiary/aromatic N) is 1. The maximum atomic E-state index is 5.07. The van der Waals surface area contributed by atoms with Crippen molar-refractivity contribution in [3.8, 4) is 11.4 Å². The van der Waals surface area contributed by atoms with E-state index in [1.54, 1.807) is 7.11 Å². The monoisotopic (exact) mass is 210 g/mol. The number of aromatic amines is 1. The smallest absolute Gasteiger partial charge is 0.246 e. The normalized spacial score (nSPS) is 9.21. The molecule has 0 radical (unpaired) electrons. The summed E-state index contributed by atoms with van der Waals surface area (Å²) in [6.07, 6.45) is 5.73. The SMILES string of the molecule is COc1ccc(-[n+]2cc[nH]c2)cc1.[Cl-]. The number of rotatable bonds is 2. The van der Waals surface area contributed by atoms with Gasteiger partial charge in [0.25, 0.3) is 0 Å². The molecule has 3 nitrogen and oxygen atoms in total. The Balaban J connectivity index is 0.000000980. The fraction of sp³-hybridized carbons (Fsp3) is 0.100. The van der Waals surface area contributed by atoms with Gasteiger partial charge in [-0.1, -0.05) is 0 Å². The van der Waals surface area contributed by atoms with Crippen LogP contribution in [0.1, 0.15) is 0 Å². The number of nitrogens with one attached hydrogen (secondary N) is 1. The van der Waals surface area contributed by atoms with Crippen molar-refractivity contribution in [1.82, 2.24) is 4.98 Å². The van der Waals surface area contributed by atoms with Gasteiger partial charge in [-0.3, -0.25) is 0 Å². The molecule has 0 bridgehead atoms. The molecule has 74 valence electrons. The molecule has 0 spiro atoms. The van der Waals surface area contributed by atoms with Crippen LogP contribution in [0.3, 0.4) is 0 Å². The summed E-state index contributed by atoms with van der Waals surface area (Å²) < 4.78 is 7.07. The molecule has 0 unspecified atom stereocenters. The summed E-state index contributed by atoms with van der Waals surface area (Å²) in [4.78, 5) is 2.99. The van der Waals surface area contributed by atoms with E-state index in [0.29, 0.717) is 0 Å². The molecule has 0 amide bonds. The minimum absolute atomic E-state index is 0. The van der Waals surface area contributed by atoms with Gasteiger partial charge >= 0.3 is 0 Å². The largest absolute Gasteiger partial charge is 1.00 e. The van der Waals surface area contributed by atoms with E-state index in [2.05, 4.69) is 4.98 Å². The van der Waals surface area contributed by atoms with Crippen molar-refractivity contribution in [3.63, 3.8) is 0 Å². The zero-order valence-electron chi connectivity index (χ0n) is 7.77. The van der Waals surface area contributed by atoms with E-state index in [1.165, 1.54) is 0 Å². The van der Waals surface area contributed by atoms with Crippen LogP contribution >= 0.6 is 0 Å². The Morgan fingerprint density at radius 1 is 1.21 bits per heavy atom. The third-order valence-corrected chi connectivity index (χ3v) is 1.92. The lowest BCUT2D eigenvalue weighted by atomic mass is 10.3. The van der Waals surface area contributed by atoms with Gasteiger partial charge in [-0.15, -0.1) is 0 Å². The number of H-pyrrole nitrogens is 1. The summed E-state index contributed by atoms with van der Waals surface area (Å²) in [5, 5.41) is 0. The van der Waals surface area contributed by atoms with E-state index in [0.717, 1.165) is 11.4 Å². The molecule has 2 aromatic rings. The highest BCUT2D eigenvalue weighted by molar-refractivity contribution is 5.31. The summed E-state index contributed by atoms with van der Waals surface area (Å²) in [6, 6.07) is 7.89. The van der Waals surface area contributed by atoms with Gasteiger partial charge in [-0.05, 0) is 24.3 Å².